The molecule has 20 heavy (non-hydrogen) atoms. The predicted octanol–water partition coefficient (Wildman–Crippen LogP) is 0.377. The van der Waals surface area contributed by atoms with Gasteiger partial charge in [0.2, 0.25) is 0 Å². The maximum Gasteiger partial charge on any atom is 0.326 e. The molecule has 6 nitrogen and oxygen atoms in total. The van der Waals surface area contributed by atoms with Crippen molar-refractivity contribution in [3.05, 3.63) is 34.9 Å². The van der Waals surface area contributed by atoms with Crippen molar-refractivity contribution in [2.75, 3.05) is 6.54 Å². The van der Waals surface area contributed by atoms with Gasteiger partial charge in [-0.05, 0) is 23.3 Å². The summed E-state index contributed by atoms with van der Waals surface area (Å²) < 4.78 is 5.29. The molecule has 2 heterocycles. The van der Waals surface area contributed by atoms with Gasteiger partial charge in [0.1, 0.15) is 6.04 Å². The van der Waals surface area contributed by atoms with Gasteiger partial charge in [0, 0.05) is 18.5 Å². The number of benzene rings is 1. The van der Waals surface area contributed by atoms with Crippen LogP contribution in [0.3, 0.4) is 0 Å². The van der Waals surface area contributed by atoms with E-state index in [4.69, 9.17) is 9.84 Å². The smallest absolute Gasteiger partial charge is 0.326 e. The monoisotopic (exact) mass is 277 g/mol. The number of amides is 1. The predicted molar refractivity (Wildman–Crippen MR) is 68.0 cm³/mol. The van der Waals surface area contributed by atoms with E-state index in [0.717, 1.165) is 11.1 Å². The first-order valence-corrected chi connectivity index (χ1v) is 6.47. The lowest BCUT2D eigenvalue weighted by molar-refractivity contribution is -0.141. The summed E-state index contributed by atoms with van der Waals surface area (Å²) in [7, 11) is 0. The van der Waals surface area contributed by atoms with E-state index in [1.165, 1.54) is 4.90 Å². The van der Waals surface area contributed by atoms with Gasteiger partial charge in [-0.3, -0.25) is 4.79 Å². The van der Waals surface area contributed by atoms with Crippen LogP contribution in [0.15, 0.2) is 18.2 Å². The van der Waals surface area contributed by atoms with Crippen LogP contribution < -0.4 is 0 Å². The zero-order valence-electron chi connectivity index (χ0n) is 10.8. The van der Waals surface area contributed by atoms with Crippen LogP contribution in [0.2, 0.25) is 0 Å². The van der Waals surface area contributed by atoms with Crippen LogP contribution >= 0.6 is 0 Å². The maximum absolute atomic E-state index is 12.4. The first-order chi connectivity index (χ1) is 9.56. The lowest BCUT2D eigenvalue weighted by atomic mass is 10.1. The fourth-order valence-corrected chi connectivity index (χ4v) is 2.74. The van der Waals surface area contributed by atoms with Crippen molar-refractivity contribution in [1.82, 2.24) is 4.90 Å². The number of likely N-dealkylation sites (tertiary alicyclic amines) is 1. The number of aliphatic carboxylic acids is 1. The summed E-state index contributed by atoms with van der Waals surface area (Å²) in [5.41, 5.74) is 2.45. The fraction of sp³-hybridized carbons (Fsp3) is 0.429. The molecule has 0 saturated carbocycles. The van der Waals surface area contributed by atoms with Gasteiger partial charge in [-0.15, -0.1) is 0 Å². The Kier molecular flexibility index (Phi) is 3.19. The van der Waals surface area contributed by atoms with Crippen molar-refractivity contribution >= 4 is 11.9 Å². The normalized spacial score (nSPS) is 24.8. The Morgan fingerprint density at radius 3 is 2.75 bits per heavy atom. The number of carbonyl (C=O) groups is 2. The number of rotatable bonds is 2. The number of ether oxygens (including phenoxy) is 1. The molecule has 0 radical (unpaired) electrons. The van der Waals surface area contributed by atoms with E-state index >= 15 is 0 Å². The third-order valence-corrected chi connectivity index (χ3v) is 3.79. The Hall–Kier alpha value is -1.92. The molecule has 2 aliphatic heterocycles. The van der Waals surface area contributed by atoms with Crippen LogP contribution in [0.25, 0.3) is 0 Å². The summed E-state index contributed by atoms with van der Waals surface area (Å²) in [6.07, 6.45) is -0.701. The van der Waals surface area contributed by atoms with Crippen molar-refractivity contribution in [2.45, 2.75) is 31.8 Å². The van der Waals surface area contributed by atoms with Gasteiger partial charge in [-0.1, -0.05) is 6.07 Å². The highest BCUT2D eigenvalue weighted by Crippen LogP contribution is 2.24. The highest BCUT2D eigenvalue weighted by molar-refractivity contribution is 5.97. The molecule has 1 aromatic carbocycles. The molecule has 0 spiro atoms. The van der Waals surface area contributed by atoms with E-state index in [9.17, 15) is 14.7 Å². The Morgan fingerprint density at radius 2 is 2.00 bits per heavy atom. The first-order valence-electron chi connectivity index (χ1n) is 6.47. The summed E-state index contributed by atoms with van der Waals surface area (Å²) >= 11 is 0. The van der Waals surface area contributed by atoms with Gasteiger partial charge in [0.25, 0.3) is 5.91 Å². The number of nitrogens with zero attached hydrogens (tertiary/aromatic N) is 1. The number of fused-ring (bicyclic) bond motifs is 1. The second-order valence-corrected chi connectivity index (χ2v) is 5.18. The van der Waals surface area contributed by atoms with Gasteiger partial charge in [-0.2, -0.15) is 0 Å². The molecule has 1 saturated heterocycles. The van der Waals surface area contributed by atoms with E-state index in [-0.39, 0.29) is 18.9 Å². The van der Waals surface area contributed by atoms with Crippen molar-refractivity contribution in [1.29, 1.82) is 0 Å². The topological polar surface area (TPSA) is 87.1 Å². The molecule has 2 N–H and O–H groups in total. The van der Waals surface area contributed by atoms with Crippen molar-refractivity contribution in [2.24, 2.45) is 0 Å². The number of hydrogen-bond acceptors (Lipinski definition) is 4. The van der Waals surface area contributed by atoms with Crippen LogP contribution in [0.1, 0.15) is 27.9 Å². The summed E-state index contributed by atoms with van der Waals surface area (Å²) in [6, 6.07) is 4.30. The third-order valence-electron chi connectivity index (χ3n) is 3.79. The molecule has 0 aliphatic carbocycles. The SMILES string of the molecule is O=C(O)[C@H]1C[C@@H](O)CN1C(=O)c1ccc2c(c1)COC2. The molecular weight excluding hydrogens is 262 g/mol. The summed E-state index contributed by atoms with van der Waals surface area (Å²) in [5, 5.41) is 18.7. The van der Waals surface area contributed by atoms with Crippen LogP contribution in [-0.2, 0) is 22.7 Å². The van der Waals surface area contributed by atoms with Gasteiger partial charge < -0.3 is 19.8 Å². The molecule has 1 fully saturated rings. The number of β-amino-alcohol motifs (C(OH)–C–C–N with tert-alkyl or cyclic N) is 1. The minimum absolute atomic E-state index is 0.0589. The maximum atomic E-state index is 12.4. The average molecular weight is 277 g/mol. The fourth-order valence-electron chi connectivity index (χ4n) is 2.74. The number of aliphatic hydroxyl groups is 1. The van der Waals surface area contributed by atoms with Crippen molar-refractivity contribution in [3.8, 4) is 0 Å². The van der Waals surface area contributed by atoms with Crippen molar-refractivity contribution in [3.63, 3.8) is 0 Å². The van der Waals surface area contributed by atoms with E-state index in [1.807, 2.05) is 6.07 Å². The Balaban J connectivity index is 1.86. The zero-order chi connectivity index (χ0) is 14.3. The quantitative estimate of drug-likeness (QED) is 0.816. The highest BCUT2D eigenvalue weighted by Gasteiger charge is 2.39. The standard InChI is InChI=1S/C14H15NO5/c16-11-4-12(14(18)19)15(5-11)13(17)8-1-2-9-6-20-7-10(9)3-8/h1-3,11-12,16H,4-7H2,(H,18,19)/t11-,12-/m1/s1. The second-order valence-electron chi connectivity index (χ2n) is 5.18. The minimum atomic E-state index is -1.08. The van der Waals surface area contributed by atoms with E-state index in [0.29, 0.717) is 18.8 Å². The van der Waals surface area contributed by atoms with Gasteiger partial charge in [0.15, 0.2) is 0 Å². The van der Waals surface area contributed by atoms with Crippen molar-refractivity contribution < 1.29 is 24.5 Å². The van der Waals surface area contributed by atoms with E-state index < -0.39 is 18.1 Å². The molecule has 0 bridgehead atoms. The lowest BCUT2D eigenvalue weighted by Crippen LogP contribution is -2.40. The summed E-state index contributed by atoms with van der Waals surface area (Å²) in [6.45, 7) is 1.08. The van der Waals surface area contributed by atoms with E-state index in [1.54, 1.807) is 12.1 Å². The molecule has 6 heteroatoms. The third kappa shape index (κ3) is 2.17. The molecule has 1 amide bonds. The number of hydrogen-bond donors (Lipinski definition) is 2. The largest absolute Gasteiger partial charge is 0.480 e. The molecule has 2 atom stereocenters. The molecule has 2 aliphatic rings. The summed E-state index contributed by atoms with van der Waals surface area (Å²) in [4.78, 5) is 24.8. The van der Waals surface area contributed by atoms with Gasteiger partial charge in [-0.25, -0.2) is 4.79 Å². The number of carbonyl (C=O) groups excluding carboxylic acids is 1. The van der Waals surface area contributed by atoms with Crippen LogP contribution in [-0.4, -0.2) is 45.7 Å². The summed E-state index contributed by atoms with van der Waals surface area (Å²) in [5.74, 6) is -1.44. The van der Waals surface area contributed by atoms with Crippen LogP contribution in [0.4, 0.5) is 0 Å². The number of aliphatic hydroxyl groups excluding tert-OH is 1. The number of carboxylic acids is 1. The Bertz CT molecular complexity index is 571. The second kappa shape index (κ2) is 4.88. The Morgan fingerprint density at radius 1 is 1.25 bits per heavy atom. The molecular formula is C14H15NO5. The molecule has 0 aromatic heterocycles. The van der Waals surface area contributed by atoms with Gasteiger partial charge >= 0.3 is 5.97 Å². The number of carboxylic acid groups (broad SMARTS) is 1. The molecule has 106 valence electrons. The van der Waals surface area contributed by atoms with Crippen LogP contribution in [0.5, 0.6) is 0 Å². The first kappa shape index (κ1) is 13.1. The zero-order valence-corrected chi connectivity index (χ0v) is 10.8. The molecule has 3 rings (SSSR count). The lowest BCUT2D eigenvalue weighted by Gasteiger charge is -2.21. The van der Waals surface area contributed by atoms with Gasteiger partial charge in [0.05, 0.1) is 19.3 Å². The van der Waals surface area contributed by atoms with Crippen LogP contribution in [0, 0.1) is 0 Å². The highest BCUT2D eigenvalue weighted by atomic mass is 16.5. The minimum Gasteiger partial charge on any atom is -0.480 e. The molecule has 1 aromatic rings. The van der Waals surface area contributed by atoms with E-state index in [2.05, 4.69) is 0 Å². The average Bonchev–Trinajstić information content (AvgIpc) is 3.02. The molecule has 0 unspecified atom stereocenters. The Labute approximate surface area is 115 Å².